The van der Waals surface area contributed by atoms with Gasteiger partial charge in [0.1, 0.15) is 17.1 Å². The van der Waals surface area contributed by atoms with Crippen LogP contribution in [0.3, 0.4) is 0 Å². The van der Waals surface area contributed by atoms with Gasteiger partial charge in [0.2, 0.25) is 5.88 Å². The first-order valence-electron chi connectivity index (χ1n) is 11.6. The van der Waals surface area contributed by atoms with Gasteiger partial charge < -0.3 is 19.6 Å². The molecule has 35 heavy (non-hydrogen) atoms. The Bertz CT molecular complexity index is 1370. The van der Waals surface area contributed by atoms with Gasteiger partial charge in [-0.25, -0.2) is 14.8 Å². The van der Waals surface area contributed by atoms with Crippen LogP contribution in [0.4, 0.5) is 10.6 Å². The molecule has 9 nitrogen and oxygen atoms in total. The van der Waals surface area contributed by atoms with Crippen molar-refractivity contribution in [2.24, 2.45) is 0 Å². The number of aromatic hydroxyl groups is 1. The van der Waals surface area contributed by atoms with Crippen LogP contribution in [-0.2, 0) is 4.74 Å². The molecule has 0 aliphatic carbocycles. The van der Waals surface area contributed by atoms with E-state index in [0.717, 1.165) is 39.1 Å². The van der Waals surface area contributed by atoms with E-state index in [1.165, 1.54) is 0 Å². The Morgan fingerprint density at radius 1 is 0.943 bits per heavy atom. The molecule has 1 aliphatic heterocycles. The van der Waals surface area contributed by atoms with Crippen LogP contribution in [0.15, 0.2) is 54.9 Å². The third-order valence-corrected chi connectivity index (χ3v) is 5.92. The van der Waals surface area contributed by atoms with Gasteiger partial charge >= 0.3 is 6.09 Å². The SMILES string of the molecule is CC(C)(C)OC(=O)N1CCN(c2cc(-c3n[nH]c4ccc(-c5ccnc(O)c5)cc34)ccn2)CC1. The summed E-state index contributed by atoms with van der Waals surface area (Å²) >= 11 is 0. The van der Waals surface area contributed by atoms with Crippen LogP contribution in [0.25, 0.3) is 33.3 Å². The maximum atomic E-state index is 12.4. The summed E-state index contributed by atoms with van der Waals surface area (Å²) < 4.78 is 5.50. The number of aromatic nitrogens is 4. The van der Waals surface area contributed by atoms with Crippen LogP contribution < -0.4 is 4.90 Å². The monoisotopic (exact) mass is 472 g/mol. The molecule has 0 saturated carbocycles. The second-order valence-electron chi connectivity index (χ2n) is 9.59. The zero-order valence-corrected chi connectivity index (χ0v) is 20.0. The molecule has 1 aromatic carbocycles. The molecular weight excluding hydrogens is 444 g/mol. The average molecular weight is 473 g/mol. The van der Waals surface area contributed by atoms with Crippen molar-refractivity contribution in [3.63, 3.8) is 0 Å². The van der Waals surface area contributed by atoms with Crippen LogP contribution in [0.1, 0.15) is 20.8 Å². The van der Waals surface area contributed by atoms with Crippen LogP contribution in [0.5, 0.6) is 5.88 Å². The number of nitrogens with one attached hydrogen (secondary N) is 1. The Balaban J connectivity index is 1.37. The molecular formula is C26H28N6O3. The van der Waals surface area contributed by atoms with E-state index in [0.29, 0.717) is 26.2 Å². The highest BCUT2D eigenvalue weighted by molar-refractivity contribution is 5.96. The van der Waals surface area contributed by atoms with Crippen LogP contribution in [-0.4, -0.2) is 68.0 Å². The molecule has 1 amide bonds. The average Bonchev–Trinajstić information content (AvgIpc) is 3.26. The van der Waals surface area contributed by atoms with Gasteiger partial charge in [0, 0.05) is 55.6 Å². The molecule has 3 aromatic heterocycles. The highest BCUT2D eigenvalue weighted by atomic mass is 16.6. The van der Waals surface area contributed by atoms with Gasteiger partial charge in [-0.3, -0.25) is 5.10 Å². The summed E-state index contributed by atoms with van der Waals surface area (Å²) in [6, 6.07) is 13.5. The maximum Gasteiger partial charge on any atom is 0.410 e. The number of hydrogen-bond acceptors (Lipinski definition) is 7. The topological polar surface area (TPSA) is 107 Å². The lowest BCUT2D eigenvalue weighted by atomic mass is 10.0. The largest absolute Gasteiger partial charge is 0.493 e. The number of benzene rings is 1. The first kappa shape index (κ1) is 22.6. The summed E-state index contributed by atoms with van der Waals surface area (Å²) in [5.41, 5.74) is 4.04. The number of anilines is 1. The summed E-state index contributed by atoms with van der Waals surface area (Å²) in [6.45, 7) is 8.12. The number of ether oxygens (including phenoxy) is 1. The number of amides is 1. The number of nitrogens with zero attached hydrogens (tertiary/aromatic N) is 5. The van der Waals surface area contributed by atoms with Crippen molar-refractivity contribution in [3.8, 4) is 28.3 Å². The second-order valence-corrected chi connectivity index (χ2v) is 9.59. The molecule has 2 N–H and O–H groups in total. The predicted octanol–water partition coefficient (Wildman–Crippen LogP) is 4.45. The van der Waals surface area contributed by atoms with Gasteiger partial charge in [-0.1, -0.05) is 6.07 Å². The van der Waals surface area contributed by atoms with Gasteiger partial charge in [-0.05, 0) is 62.2 Å². The van der Waals surface area contributed by atoms with Crippen molar-refractivity contribution >= 4 is 22.8 Å². The zero-order chi connectivity index (χ0) is 24.6. The molecule has 1 saturated heterocycles. The van der Waals surface area contributed by atoms with E-state index >= 15 is 0 Å². The number of aromatic amines is 1. The highest BCUT2D eigenvalue weighted by Gasteiger charge is 2.26. The number of hydrogen-bond donors (Lipinski definition) is 2. The smallest absolute Gasteiger partial charge is 0.410 e. The lowest BCUT2D eigenvalue weighted by Gasteiger charge is -2.36. The van der Waals surface area contributed by atoms with E-state index in [1.54, 1.807) is 23.4 Å². The fraction of sp³-hybridized carbons (Fsp3) is 0.308. The Kier molecular flexibility index (Phi) is 5.76. The minimum Gasteiger partial charge on any atom is -0.493 e. The normalized spacial score (nSPS) is 14.4. The standard InChI is InChI=1S/C26H28N6O3/c1-26(2,3)35-25(34)32-12-10-31(11-13-32)22-15-19(7-8-27-22)24-20-14-17(4-5-21(20)29-30-24)18-6-9-28-23(33)16-18/h4-9,14-16H,10-13H2,1-3H3,(H,28,33)(H,29,30). The van der Waals surface area contributed by atoms with Crippen molar-refractivity contribution in [3.05, 3.63) is 54.9 Å². The van der Waals surface area contributed by atoms with Crippen molar-refractivity contribution in [1.82, 2.24) is 25.1 Å². The fourth-order valence-corrected chi connectivity index (χ4v) is 4.19. The van der Waals surface area contributed by atoms with Crippen molar-refractivity contribution in [2.45, 2.75) is 26.4 Å². The Morgan fingerprint density at radius 2 is 1.66 bits per heavy atom. The molecule has 0 atom stereocenters. The van der Waals surface area contributed by atoms with E-state index in [-0.39, 0.29) is 12.0 Å². The summed E-state index contributed by atoms with van der Waals surface area (Å²) in [4.78, 5) is 24.7. The van der Waals surface area contributed by atoms with Gasteiger partial charge in [0.05, 0.1) is 5.52 Å². The number of carbonyl (C=O) groups is 1. The molecule has 4 aromatic rings. The third kappa shape index (κ3) is 4.89. The van der Waals surface area contributed by atoms with E-state index < -0.39 is 5.60 Å². The fourth-order valence-electron chi connectivity index (χ4n) is 4.19. The zero-order valence-electron chi connectivity index (χ0n) is 20.0. The minimum absolute atomic E-state index is 0.0134. The van der Waals surface area contributed by atoms with Gasteiger partial charge in [-0.15, -0.1) is 0 Å². The second kappa shape index (κ2) is 8.90. The summed E-state index contributed by atoms with van der Waals surface area (Å²) in [5, 5.41) is 18.4. The third-order valence-electron chi connectivity index (χ3n) is 5.92. The molecule has 0 unspecified atom stereocenters. The van der Waals surface area contributed by atoms with E-state index in [1.807, 2.05) is 51.1 Å². The van der Waals surface area contributed by atoms with Gasteiger partial charge in [0.15, 0.2) is 0 Å². The lowest BCUT2D eigenvalue weighted by molar-refractivity contribution is 0.0240. The number of carbonyl (C=O) groups excluding carboxylic acids is 1. The van der Waals surface area contributed by atoms with Gasteiger partial charge in [-0.2, -0.15) is 5.10 Å². The maximum absolute atomic E-state index is 12.4. The molecule has 180 valence electrons. The molecule has 1 aliphatic rings. The molecule has 0 spiro atoms. The van der Waals surface area contributed by atoms with E-state index in [4.69, 9.17) is 4.74 Å². The predicted molar refractivity (Wildman–Crippen MR) is 134 cm³/mol. The molecule has 0 bridgehead atoms. The Labute approximate surface area is 203 Å². The number of fused-ring (bicyclic) bond motifs is 1. The van der Waals surface area contributed by atoms with Crippen molar-refractivity contribution in [1.29, 1.82) is 0 Å². The van der Waals surface area contributed by atoms with Crippen molar-refractivity contribution < 1.29 is 14.6 Å². The number of H-pyrrole nitrogens is 1. The van der Waals surface area contributed by atoms with Crippen LogP contribution >= 0.6 is 0 Å². The lowest BCUT2D eigenvalue weighted by Crippen LogP contribution is -2.50. The molecule has 0 radical (unpaired) electrons. The number of piperazine rings is 1. The first-order chi connectivity index (χ1) is 16.8. The molecule has 5 rings (SSSR count). The van der Waals surface area contributed by atoms with E-state index in [9.17, 15) is 9.90 Å². The summed E-state index contributed by atoms with van der Waals surface area (Å²) in [5.74, 6) is 0.832. The number of rotatable bonds is 3. The molecule has 1 fully saturated rings. The van der Waals surface area contributed by atoms with Crippen molar-refractivity contribution in [2.75, 3.05) is 31.1 Å². The Morgan fingerprint density at radius 3 is 2.40 bits per heavy atom. The molecule has 4 heterocycles. The summed E-state index contributed by atoms with van der Waals surface area (Å²) in [7, 11) is 0. The first-order valence-corrected chi connectivity index (χ1v) is 11.6. The Hall–Kier alpha value is -4.14. The van der Waals surface area contributed by atoms with Crippen LogP contribution in [0.2, 0.25) is 0 Å². The van der Waals surface area contributed by atoms with Gasteiger partial charge in [0.25, 0.3) is 0 Å². The van der Waals surface area contributed by atoms with E-state index in [2.05, 4.69) is 31.1 Å². The summed E-state index contributed by atoms with van der Waals surface area (Å²) in [6.07, 6.45) is 3.10. The number of pyridine rings is 2. The molecule has 9 heteroatoms. The highest BCUT2D eigenvalue weighted by Crippen LogP contribution is 2.32. The van der Waals surface area contributed by atoms with Crippen LogP contribution in [0, 0.1) is 0 Å². The minimum atomic E-state index is -0.506. The quantitative estimate of drug-likeness (QED) is 0.454.